The number of nitriles is 1. The van der Waals surface area contributed by atoms with Gasteiger partial charge in [-0.2, -0.15) is 5.26 Å². The van der Waals surface area contributed by atoms with E-state index in [-0.39, 0.29) is 5.41 Å². The predicted molar refractivity (Wildman–Crippen MR) is 61.0 cm³/mol. The Morgan fingerprint density at radius 1 is 1.44 bits per heavy atom. The molecule has 82 valence electrons. The highest BCUT2D eigenvalue weighted by Crippen LogP contribution is 2.25. The fourth-order valence-corrected chi connectivity index (χ4v) is 1.58. The maximum atomic E-state index is 8.80. The van der Waals surface area contributed by atoms with Gasteiger partial charge in [0, 0.05) is 17.7 Å². The Morgan fingerprint density at radius 3 is 2.81 bits per heavy atom. The zero-order chi connectivity index (χ0) is 11.8. The van der Waals surface area contributed by atoms with Crippen molar-refractivity contribution in [3.8, 4) is 6.07 Å². The number of rotatable bonds is 2. The highest BCUT2D eigenvalue weighted by molar-refractivity contribution is 5.46. The van der Waals surface area contributed by atoms with Gasteiger partial charge in [-0.15, -0.1) is 10.2 Å². The lowest BCUT2D eigenvalue weighted by Gasteiger charge is -2.19. The molecule has 0 N–H and O–H groups in total. The summed E-state index contributed by atoms with van der Waals surface area (Å²) in [6.45, 7) is 6.41. The third-order valence-electron chi connectivity index (χ3n) is 3.03. The molecular weight excluding hydrogens is 200 g/mol. The summed E-state index contributed by atoms with van der Waals surface area (Å²) < 4.78 is 1.95. The summed E-state index contributed by atoms with van der Waals surface area (Å²) in [7, 11) is 0. The van der Waals surface area contributed by atoms with Crippen molar-refractivity contribution in [3.63, 3.8) is 0 Å². The van der Waals surface area contributed by atoms with E-state index in [1.165, 1.54) is 0 Å². The summed E-state index contributed by atoms with van der Waals surface area (Å²) in [6.07, 6.45) is 2.86. The highest BCUT2D eigenvalue weighted by atomic mass is 15.2. The van der Waals surface area contributed by atoms with Crippen LogP contribution in [-0.2, 0) is 5.41 Å². The highest BCUT2D eigenvalue weighted by Gasteiger charge is 2.24. The molecule has 4 heteroatoms. The lowest BCUT2D eigenvalue weighted by molar-refractivity contribution is 0.468. The molecule has 0 fully saturated rings. The van der Waals surface area contributed by atoms with Crippen LogP contribution >= 0.6 is 0 Å². The van der Waals surface area contributed by atoms with E-state index in [4.69, 9.17) is 5.26 Å². The lowest BCUT2D eigenvalue weighted by atomic mass is 9.89. The van der Waals surface area contributed by atoms with Crippen LogP contribution in [0.1, 0.15) is 38.6 Å². The Hall–Kier alpha value is -1.89. The van der Waals surface area contributed by atoms with Crippen LogP contribution < -0.4 is 0 Å². The van der Waals surface area contributed by atoms with Gasteiger partial charge in [0.1, 0.15) is 5.82 Å². The number of aromatic nitrogens is 3. The molecule has 2 aromatic heterocycles. The molecule has 2 rings (SSSR count). The van der Waals surface area contributed by atoms with E-state index in [1.807, 2.05) is 10.6 Å². The molecule has 0 saturated heterocycles. The number of fused-ring (bicyclic) bond motifs is 1. The molecule has 0 spiro atoms. The van der Waals surface area contributed by atoms with Crippen molar-refractivity contribution in [1.29, 1.82) is 5.26 Å². The first-order valence-electron chi connectivity index (χ1n) is 5.34. The number of nitrogens with zero attached hydrogens (tertiary/aromatic N) is 4. The minimum absolute atomic E-state index is 0.00637. The van der Waals surface area contributed by atoms with Gasteiger partial charge in [0.2, 0.25) is 0 Å². The SMILES string of the molecule is CCC(C)(C)c1nnc2cc(C#N)ccn12. The van der Waals surface area contributed by atoms with Gasteiger partial charge in [-0.05, 0) is 12.5 Å². The van der Waals surface area contributed by atoms with Crippen LogP contribution in [0.5, 0.6) is 0 Å². The average molecular weight is 214 g/mol. The fourth-order valence-electron chi connectivity index (χ4n) is 1.58. The van der Waals surface area contributed by atoms with E-state index in [0.29, 0.717) is 5.56 Å². The standard InChI is InChI=1S/C12H14N4/c1-4-12(2,3)11-15-14-10-7-9(8-13)5-6-16(10)11/h5-7H,4H2,1-3H3. The summed E-state index contributed by atoms with van der Waals surface area (Å²) >= 11 is 0. The maximum Gasteiger partial charge on any atom is 0.162 e. The number of hydrogen-bond donors (Lipinski definition) is 0. The monoisotopic (exact) mass is 214 g/mol. The molecule has 2 heterocycles. The summed E-state index contributed by atoms with van der Waals surface area (Å²) in [4.78, 5) is 0. The molecule has 0 aliphatic rings. The molecule has 0 aliphatic carbocycles. The molecule has 4 nitrogen and oxygen atoms in total. The van der Waals surface area contributed by atoms with Gasteiger partial charge in [0.15, 0.2) is 5.65 Å². The third kappa shape index (κ3) is 1.54. The first-order chi connectivity index (χ1) is 7.58. The molecule has 0 aromatic carbocycles. The Balaban J connectivity index is 2.63. The van der Waals surface area contributed by atoms with Gasteiger partial charge in [-0.3, -0.25) is 4.40 Å². The van der Waals surface area contributed by atoms with Crippen LogP contribution in [0.4, 0.5) is 0 Å². The first kappa shape index (κ1) is 10.6. The summed E-state index contributed by atoms with van der Waals surface area (Å²) in [5.41, 5.74) is 1.34. The molecule has 0 aliphatic heterocycles. The molecule has 2 aromatic rings. The van der Waals surface area contributed by atoms with Crippen molar-refractivity contribution in [2.45, 2.75) is 32.6 Å². The van der Waals surface area contributed by atoms with Crippen LogP contribution in [0.25, 0.3) is 5.65 Å². The van der Waals surface area contributed by atoms with E-state index >= 15 is 0 Å². The fraction of sp³-hybridized carbons (Fsp3) is 0.417. The van der Waals surface area contributed by atoms with Crippen molar-refractivity contribution >= 4 is 5.65 Å². The Morgan fingerprint density at radius 2 is 2.19 bits per heavy atom. The zero-order valence-electron chi connectivity index (χ0n) is 9.73. The van der Waals surface area contributed by atoms with Crippen molar-refractivity contribution in [2.75, 3.05) is 0 Å². The summed E-state index contributed by atoms with van der Waals surface area (Å²) in [5, 5.41) is 17.1. The van der Waals surface area contributed by atoms with Crippen LogP contribution in [0, 0.1) is 11.3 Å². The van der Waals surface area contributed by atoms with Crippen molar-refractivity contribution in [3.05, 3.63) is 29.7 Å². The topological polar surface area (TPSA) is 54.0 Å². The van der Waals surface area contributed by atoms with Gasteiger partial charge in [0.05, 0.1) is 11.6 Å². The average Bonchev–Trinajstić information content (AvgIpc) is 2.72. The Bertz CT molecular complexity index is 560. The van der Waals surface area contributed by atoms with Gasteiger partial charge in [-0.25, -0.2) is 0 Å². The third-order valence-corrected chi connectivity index (χ3v) is 3.03. The van der Waals surface area contributed by atoms with Crippen LogP contribution in [0.3, 0.4) is 0 Å². The van der Waals surface area contributed by atoms with Crippen molar-refractivity contribution in [2.24, 2.45) is 0 Å². The van der Waals surface area contributed by atoms with E-state index in [9.17, 15) is 0 Å². The number of hydrogen-bond acceptors (Lipinski definition) is 3. The maximum absolute atomic E-state index is 8.80. The molecular formula is C12H14N4. The van der Waals surface area contributed by atoms with E-state index in [0.717, 1.165) is 17.9 Å². The van der Waals surface area contributed by atoms with E-state index in [1.54, 1.807) is 12.1 Å². The van der Waals surface area contributed by atoms with Gasteiger partial charge >= 0.3 is 0 Å². The van der Waals surface area contributed by atoms with Gasteiger partial charge in [0.25, 0.3) is 0 Å². The molecule has 16 heavy (non-hydrogen) atoms. The zero-order valence-corrected chi connectivity index (χ0v) is 9.73. The molecule has 0 unspecified atom stereocenters. The summed E-state index contributed by atoms with van der Waals surface area (Å²) in [6, 6.07) is 5.64. The second kappa shape index (κ2) is 3.60. The van der Waals surface area contributed by atoms with Crippen LogP contribution in [0.15, 0.2) is 18.3 Å². The Kier molecular flexibility index (Phi) is 2.39. The molecule has 0 radical (unpaired) electrons. The first-order valence-corrected chi connectivity index (χ1v) is 5.34. The minimum atomic E-state index is -0.00637. The largest absolute Gasteiger partial charge is 0.286 e. The van der Waals surface area contributed by atoms with E-state index < -0.39 is 0 Å². The summed E-state index contributed by atoms with van der Waals surface area (Å²) in [5.74, 6) is 0.939. The quantitative estimate of drug-likeness (QED) is 0.770. The minimum Gasteiger partial charge on any atom is -0.286 e. The second-order valence-corrected chi connectivity index (χ2v) is 4.52. The molecule has 0 bridgehead atoms. The van der Waals surface area contributed by atoms with E-state index in [2.05, 4.69) is 37.0 Å². The van der Waals surface area contributed by atoms with Crippen molar-refractivity contribution in [1.82, 2.24) is 14.6 Å². The normalized spacial score (nSPS) is 11.6. The van der Waals surface area contributed by atoms with Gasteiger partial charge < -0.3 is 0 Å². The lowest BCUT2D eigenvalue weighted by Crippen LogP contribution is -2.19. The smallest absolute Gasteiger partial charge is 0.162 e. The molecule has 0 amide bonds. The predicted octanol–water partition coefficient (Wildman–Crippen LogP) is 2.29. The van der Waals surface area contributed by atoms with Crippen molar-refractivity contribution < 1.29 is 0 Å². The van der Waals surface area contributed by atoms with Crippen LogP contribution in [-0.4, -0.2) is 14.6 Å². The molecule has 0 atom stereocenters. The van der Waals surface area contributed by atoms with Crippen LogP contribution in [0.2, 0.25) is 0 Å². The Labute approximate surface area is 94.5 Å². The number of pyridine rings is 1. The van der Waals surface area contributed by atoms with Gasteiger partial charge in [-0.1, -0.05) is 20.8 Å². The molecule has 0 saturated carbocycles. The second-order valence-electron chi connectivity index (χ2n) is 4.52.